The van der Waals surface area contributed by atoms with Crippen LogP contribution in [-0.2, 0) is 4.74 Å². The van der Waals surface area contributed by atoms with Gasteiger partial charge in [-0.05, 0) is 18.9 Å². The summed E-state index contributed by atoms with van der Waals surface area (Å²) in [6.07, 6.45) is 5.70. The quantitative estimate of drug-likeness (QED) is 0.559. The van der Waals surface area contributed by atoms with Crippen molar-refractivity contribution >= 4 is 5.71 Å². The molecule has 0 aromatic rings. The first-order valence-corrected chi connectivity index (χ1v) is 4.19. The second-order valence-electron chi connectivity index (χ2n) is 3.15. The number of aliphatic imine (C=N–C) groups is 1. The van der Waals surface area contributed by atoms with Gasteiger partial charge in [0.1, 0.15) is 0 Å². The Kier molecular flexibility index (Phi) is 1.68. The zero-order chi connectivity index (χ0) is 7.68. The molecule has 0 amide bonds. The molecule has 0 N–H and O–H groups in total. The zero-order valence-electron chi connectivity index (χ0n) is 6.84. The van der Waals surface area contributed by atoms with Crippen LogP contribution in [0.2, 0.25) is 0 Å². The third-order valence-corrected chi connectivity index (χ3v) is 2.50. The molecule has 0 aromatic carbocycles. The van der Waals surface area contributed by atoms with Crippen molar-refractivity contribution in [3.05, 3.63) is 11.8 Å². The van der Waals surface area contributed by atoms with E-state index in [-0.39, 0.29) is 0 Å². The lowest BCUT2D eigenvalue weighted by Gasteiger charge is -2.17. The topological polar surface area (TPSA) is 21.6 Å². The summed E-state index contributed by atoms with van der Waals surface area (Å²) in [6.45, 7) is 1.02. The summed E-state index contributed by atoms with van der Waals surface area (Å²) in [5.41, 5.74) is 1.27. The van der Waals surface area contributed by atoms with E-state index in [0.29, 0.717) is 0 Å². The molecular formula is C9H13NO. The highest BCUT2D eigenvalue weighted by atomic mass is 16.5. The molecule has 0 saturated heterocycles. The van der Waals surface area contributed by atoms with Crippen LogP contribution in [0.15, 0.2) is 16.8 Å². The highest BCUT2D eigenvalue weighted by Crippen LogP contribution is 2.28. The van der Waals surface area contributed by atoms with Gasteiger partial charge in [-0.1, -0.05) is 0 Å². The molecule has 2 heteroatoms. The lowest BCUT2D eigenvalue weighted by molar-refractivity contribution is 0.269. The van der Waals surface area contributed by atoms with Gasteiger partial charge in [0.05, 0.1) is 12.9 Å². The summed E-state index contributed by atoms with van der Waals surface area (Å²) in [5.74, 6) is 1.84. The second kappa shape index (κ2) is 2.68. The fourth-order valence-electron chi connectivity index (χ4n) is 1.80. The Morgan fingerprint density at radius 1 is 1.55 bits per heavy atom. The molecule has 1 atom stereocenters. The fourth-order valence-corrected chi connectivity index (χ4v) is 1.80. The Morgan fingerprint density at radius 2 is 2.45 bits per heavy atom. The van der Waals surface area contributed by atoms with Crippen molar-refractivity contribution < 1.29 is 4.74 Å². The first kappa shape index (κ1) is 6.89. The van der Waals surface area contributed by atoms with Crippen LogP contribution in [0.25, 0.3) is 0 Å². The smallest absolute Gasteiger partial charge is 0.0973 e. The molecule has 60 valence electrons. The van der Waals surface area contributed by atoms with E-state index in [2.05, 4.69) is 11.1 Å². The normalized spacial score (nSPS) is 29.0. The van der Waals surface area contributed by atoms with Crippen molar-refractivity contribution in [2.24, 2.45) is 10.9 Å². The number of methoxy groups -OCH3 is 1. The van der Waals surface area contributed by atoms with Gasteiger partial charge in [0.2, 0.25) is 0 Å². The van der Waals surface area contributed by atoms with E-state index in [4.69, 9.17) is 4.74 Å². The summed E-state index contributed by atoms with van der Waals surface area (Å²) in [4.78, 5) is 4.42. The maximum Gasteiger partial charge on any atom is 0.0973 e. The predicted octanol–water partition coefficient (Wildman–Crippen LogP) is 1.77. The van der Waals surface area contributed by atoms with Crippen LogP contribution in [0.4, 0.5) is 0 Å². The Labute approximate surface area is 67.0 Å². The van der Waals surface area contributed by atoms with Gasteiger partial charge in [0, 0.05) is 24.6 Å². The molecule has 1 aliphatic heterocycles. The minimum Gasteiger partial charge on any atom is -0.501 e. The first-order valence-electron chi connectivity index (χ1n) is 4.19. The van der Waals surface area contributed by atoms with Gasteiger partial charge < -0.3 is 4.74 Å². The molecule has 2 aliphatic rings. The highest BCUT2D eigenvalue weighted by Gasteiger charge is 2.23. The van der Waals surface area contributed by atoms with Crippen LogP contribution < -0.4 is 0 Å². The standard InChI is InChI=1S/C9H13NO/c1-11-8-3-2-7-4-5-10-9(7)6-8/h6-7H,2-5H2,1H3. The van der Waals surface area contributed by atoms with E-state index >= 15 is 0 Å². The van der Waals surface area contributed by atoms with E-state index < -0.39 is 0 Å². The van der Waals surface area contributed by atoms with Gasteiger partial charge in [-0.15, -0.1) is 0 Å². The molecule has 0 aromatic heterocycles. The van der Waals surface area contributed by atoms with Gasteiger partial charge in [0.15, 0.2) is 0 Å². The third-order valence-electron chi connectivity index (χ3n) is 2.50. The van der Waals surface area contributed by atoms with Crippen molar-refractivity contribution in [1.82, 2.24) is 0 Å². The lowest BCUT2D eigenvalue weighted by Crippen LogP contribution is -2.13. The summed E-state index contributed by atoms with van der Waals surface area (Å²) in [7, 11) is 1.74. The molecule has 1 unspecified atom stereocenters. The SMILES string of the molecule is COC1=CC2=NCCC2CC1. The maximum absolute atomic E-state index is 5.18. The predicted molar refractivity (Wildman–Crippen MR) is 44.7 cm³/mol. The fraction of sp³-hybridized carbons (Fsp3) is 0.667. The number of hydrogen-bond acceptors (Lipinski definition) is 2. The van der Waals surface area contributed by atoms with Crippen LogP contribution in [0, 0.1) is 5.92 Å². The van der Waals surface area contributed by atoms with Crippen molar-refractivity contribution in [1.29, 1.82) is 0 Å². The molecular weight excluding hydrogens is 138 g/mol. The monoisotopic (exact) mass is 151 g/mol. The second-order valence-corrected chi connectivity index (χ2v) is 3.15. The lowest BCUT2D eigenvalue weighted by atomic mass is 9.91. The van der Waals surface area contributed by atoms with E-state index in [1.807, 2.05) is 0 Å². The third kappa shape index (κ3) is 1.17. The Morgan fingerprint density at radius 3 is 3.27 bits per heavy atom. The summed E-state index contributed by atoms with van der Waals surface area (Å²) >= 11 is 0. The molecule has 0 fully saturated rings. The molecule has 2 rings (SSSR count). The Bertz CT molecular complexity index is 218. The number of fused-ring (bicyclic) bond motifs is 1. The average Bonchev–Trinajstić information content (AvgIpc) is 2.50. The van der Waals surface area contributed by atoms with Gasteiger partial charge in [-0.3, -0.25) is 4.99 Å². The number of rotatable bonds is 1. The van der Waals surface area contributed by atoms with Crippen LogP contribution in [0.5, 0.6) is 0 Å². The minimum absolute atomic E-state index is 0.744. The minimum atomic E-state index is 0.744. The number of hydrogen-bond donors (Lipinski definition) is 0. The molecule has 2 nitrogen and oxygen atoms in total. The zero-order valence-corrected chi connectivity index (χ0v) is 6.84. The van der Waals surface area contributed by atoms with Crippen molar-refractivity contribution in [3.8, 4) is 0 Å². The Balaban J connectivity index is 2.19. The molecule has 0 bridgehead atoms. The number of nitrogens with zero attached hydrogens (tertiary/aromatic N) is 1. The molecule has 0 radical (unpaired) electrons. The van der Waals surface area contributed by atoms with Gasteiger partial charge in [-0.2, -0.15) is 0 Å². The molecule has 0 spiro atoms. The van der Waals surface area contributed by atoms with Crippen molar-refractivity contribution in [2.75, 3.05) is 13.7 Å². The summed E-state index contributed by atoms with van der Waals surface area (Å²) in [5, 5.41) is 0. The van der Waals surface area contributed by atoms with Gasteiger partial charge >= 0.3 is 0 Å². The van der Waals surface area contributed by atoms with Crippen LogP contribution >= 0.6 is 0 Å². The van der Waals surface area contributed by atoms with Gasteiger partial charge in [0.25, 0.3) is 0 Å². The maximum atomic E-state index is 5.18. The molecule has 0 saturated carbocycles. The summed E-state index contributed by atoms with van der Waals surface area (Å²) < 4.78 is 5.18. The van der Waals surface area contributed by atoms with E-state index in [1.165, 1.54) is 18.6 Å². The number of allylic oxidation sites excluding steroid dienone is 2. The van der Waals surface area contributed by atoms with E-state index in [0.717, 1.165) is 24.6 Å². The Hall–Kier alpha value is -0.790. The molecule has 1 aliphatic carbocycles. The van der Waals surface area contributed by atoms with Crippen LogP contribution in [0.3, 0.4) is 0 Å². The largest absolute Gasteiger partial charge is 0.501 e. The summed E-state index contributed by atoms with van der Waals surface area (Å²) in [6, 6.07) is 0. The van der Waals surface area contributed by atoms with Crippen molar-refractivity contribution in [3.63, 3.8) is 0 Å². The van der Waals surface area contributed by atoms with Gasteiger partial charge in [-0.25, -0.2) is 0 Å². The number of ether oxygens (including phenoxy) is 1. The molecule has 11 heavy (non-hydrogen) atoms. The van der Waals surface area contributed by atoms with Crippen LogP contribution in [-0.4, -0.2) is 19.4 Å². The van der Waals surface area contributed by atoms with Crippen LogP contribution in [0.1, 0.15) is 19.3 Å². The van der Waals surface area contributed by atoms with Crippen molar-refractivity contribution in [2.45, 2.75) is 19.3 Å². The van der Waals surface area contributed by atoms with E-state index in [9.17, 15) is 0 Å². The molecule has 1 heterocycles. The average molecular weight is 151 g/mol. The first-order chi connectivity index (χ1) is 5.40. The van der Waals surface area contributed by atoms with E-state index in [1.54, 1.807) is 7.11 Å². The highest BCUT2D eigenvalue weighted by molar-refractivity contribution is 5.99.